The van der Waals surface area contributed by atoms with Crippen LogP contribution in [-0.2, 0) is 4.79 Å². The third-order valence-corrected chi connectivity index (χ3v) is 5.15. The van der Waals surface area contributed by atoms with Gasteiger partial charge >= 0.3 is 5.97 Å². The second-order valence-electron chi connectivity index (χ2n) is 7.49. The van der Waals surface area contributed by atoms with Gasteiger partial charge in [-0.15, -0.1) is 0 Å². The Kier molecular flexibility index (Phi) is 6.13. The molecule has 7 nitrogen and oxygen atoms in total. The molecule has 7 heteroatoms. The molecule has 0 atom stereocenters. The molecule has 2 aromatic heterocycles. The van der Waals surface area contributed by atoms with E-state index in [1.165, 1.54) is 23.2 Å². The minimum Gasteiger partial charge on any atom is -0.461 e. The molecule has 5 aromatic rings. The molecular weight excluding hydrogens is 442 g/mol. The van der Waals surface area contributed by atoms with Gasteiger partial charge in [-0.2, -0.15) is 9.78 Å². The normalized spacial score (nSPS) is 11.4. The highest BCUT2D eigenvalue weighted by molar-refractivity contribution is 5.91. The van der Waals surface area contributed by atoms with Crippen molar-refractivity contribution in [3.63, 3.8) is 0 Å². The summed E-state index contributed by atoms with van der Waals surface area (Å²) in [5.41, 5.74) is 1.58. The van der Waals surface area contributed by atoms with Crippen molar-refractivity contribution in [2.45, 2.75) is 0 Å². The second kappa shape index (κ2) is 9.84. The van der Waals surface area contributed by atoms with Crippen LogP contribution in [0.2, 0.25) is 0 Å². The monoisotopic (exact) mass is 461 g/mol. The Morgan fingerprint density at radius 1 is 0.914 bits per heavy atom. The largest absolute Gasteiger partial charge is 0.461 e. The van der Waals surface area contributed by atoms with Gasteiger partial charge in [-0.25, -0.2) is 9.78 Å². The summed E-state index contributed by atoms with van der Waals surface area (Å²) in [5.74, 6) is 0.432. The van der Waals surface area contributed by atoms with Crippen LogP contribution < -0.4 is 10.3 Å². The average Bonchev–Trinajstić information content (AvgIpc) is 3.43. The van der Waals surface area contributed by atoms with Crippen molar-refractivity contribution in [3.05, 3.63) is 125 Å². The lowest BCUT2D eigenvalue weighted by Crippen LogP contribution is -2.20. The first kappa shape index (κ1) is 21.8. The summed E-state index contributed by atoms with van der Waals surface area (Å²) in [4.78, 5) is 30.2. The standard InChI is InChI=1S/C28H19N3O4/c32-26(17-16-20-9-2-1-3-10-20)35-24-14-7-4-11-21(24)19-29-31-27(25-15-8-18-34-25)30-23-13-6-5-12-22(23)28(31)33/h1-19H/b17-16+,29-19-. The van der Waals surface area contributed by atoms with E-state index >= 15 is 0 Å². The van der Waals surface area contributed by atoms with Gasteiger partial charge in [0.2, 0.25) is 5.82 Å². The van der Waals surface area contributed by atoms with Gasteiger partial charge in [-0.3, -0.25) is 4.79 Å². The first-order valence-corrected chi connectivity index (χ1v) is 10.8. The second-order valence-corrected chi connectivity index (χ2v) is 7.49. The maximum absolute atomic E-state index is 13.2. The van der Waals surface area contributed by atoms with Crippen molar-refractivity contribution in [1.29, 1.82) is 0 Å². The molecule has 0 unspecified atom stereocenters. The Morgan fingerprint density at radius 3 is 2.51 bits per heavy atom. The first-order valence-electron chi connectivity index (χ1n) is 10.8. The van der Waals surface area contributed by atoms with E-state index in [2.05, 4.69) is 10.1 Å². The Labute approximate surface area is 200 Å². The van der Waals surface area contributed by atoms with Gasteiger partial charge in [0, 0.05) is 11.6 Å². The number of benzene rings is 3. The smallest absolute Gasteiger partial charge is 0.336 e. The number of hydrogen-bond acceptors (Lipinski definition) is 6. The molecule has 0 spiro atoms. The number of para-hydroxylation sites is 2. The lowest BCUT2D eigenvalue weighted by atomic mass is 10.2. The fourth-order valence-electron chi connectivity index (χ4n) is 3.47. The number of ether oxygens (including phenoxy) is 1. The Morgan fingerprint density at radius 2 is 1.69 bits per heavy atom. The van der Waals surface area contributed by atoms with Crippen LogP contribution >= 0.6 is 0 Å². The van der Waals surface area contributed by atoms with Gasteiger partial charge in [0.25, 0.3) is 5.56 Å². The summed E-state index contributed by atoms with van der Waals surface area (Å²) in [6.07, 6.45) is 5.99. The van der Waals surface area contributed by atoms with E-state index in [9.17, 15) is 9.59 Å². The maximum Gasteiger partial charge on any atom is 0.336 e. The van der Waals surface area contributed by atoms with Crippen LogP contribution in [0.5, 0.6) is 5.75 Å². The van der Waals surface area contributed by atoms with Crippen LogP contribution in [0.3, 0.4) is 0 Å². The molecule has 35 heavy (non-hydrogen) atoms. The van der Waals surface area contributed by atoms with Crippen LogP contribution in [0.4, 0.5) is 0 Å². The molecular formula is C28H19N3O4. The predicted octanol–water partition coefficient (Wildman–Crippen LogP) is 5.16. The van der Waals surface area contributed by atoms with E-state index in [-0.39, 0.29) is 11.4 Å². The maximum atomic E-state index is 13.2. The first-order chi connectivity index (χ1) is 17.2. The number of furan rings is 1. The molecule has 0 radical (unpaired) electrons. The summed E-state index contributed by atoms with van der Waals surface area (Å²) in [6.45, 7) is 0. The molecule has 0 aliphatic heterocycles. The average molecular weight is 461 g/mol. The molecule has 5 rings (SSSR count). The van der Waals surface area contributed by atoms with E-state index < -0.39 is 5.97 Å². The summed E-state index contributed by atoms with van der Waals surface area (Å²) < 4.78 is 12.2. The van der Waals surface area contributed by atoms with Crippen LogP contribution in [0.25, 0.3) is 28.6 Å². The number of fused-ring (bicyclic) bond motifs is 1. The fraction of sp³-hybridized carbons (Fsp3) is 0. The number of esters is 1. The molecule has 2 heterocycles. The number of rotatable bonds is 6. The minimum absolute atomic E-state index is 0.259. The minimum atomic E-state index is -0.532. The summed E-state index contributed by atoms with van der Waals surface area (Å²) >= 11 is 0. The van der Waals surface area contributed by atoms with Crippen LogP contribution in [0, 0.1) is 0 Å². The summed E-state index contributed by atoms with van der Waals surface area (Å²) in [5, 5.41) is 4.81. The van der Waals surface area contributed by atoms with Crippen molar-refractivity contribution < 1.29 is 13.9 Å². The van der Waals surface area contributed by atoms with E-state index in [0.717, 1.165) is 5.56 Å². The van der Waals surface area contributed by atoms with Crippen LogP contribution in [0.15, 0.2) is 118 Å². The molecule has 0 saturated carbocycles. The SMILES string of the molecule is O=C(/C=C/c1ccccc1)Oc1ccccc1/C=N\n1c(-c2ccco2)nc2ccccc2c1=O. The number of hydrogen-bond donors (Lipinski definition) is 0. The zero-order valence-corrected chi connectivity index (χ0v) is 18.4. The van der Waals surface area contributed by atoms with E-state index in [4.69, 9.17) is 9.15 Å². The Balaban J connectivity index is 1.48. The predicted molar refractivity (Wildman–Crippen MR) is 134 cm³/mol. The van der Waals surface area contributed by atoms with E-state index in [0.29, 0.717) is 28.0 Å². The molecule has 0 amide bonds. The van der Waals surface area contributed by atoms with Crippen molar-refractivity contribution in [2.24, 2.45) is 5.10 Å². The molecule has 0 bridgehead atoms. The molecule has 0 saturated heterocycles. The highest BCUT2D eigenvalue weighted by atomic mass is 16.5. The van der Waals surface area contributed by atoms with E-state index in [1.807, 2.05) is 36.4 Å². The van der Waals surface area contributed by atoms with E-state index in [1.54, 1.807) is 60.7 Å². The lowest BCUT2D eigenvalue weighted by molar-refractivity contribution is -0.128. The summed E-state index contributed by atoms with van der Waals surface area (Å²) in [7, 11) is 0. The Bertz CT molecular complexity index is 1600. The number of carbonyl (C=O) groups is 1. The fourth-order valence-corrected chi connectivity index (χ4v) is 3.47. The third kappa shape index (κ3) is 4.84. The Hall–Kier alpha value is -5.04. The lowest BCUT2D eigenvalue weighted by Gasteiger charge is -2.08. The molecule has 0 fully saturated rings. The van der Waals surface area contributed by atoms with Crippen LogP contribution in [-0.4, -0.2) is 21.8 Å². The van der Waals surface area contributed by atoms with Crippen molar-refractivity contribution in [2.75, 3.05) is 0 Å². The van der Waals surface area contributed by atoms with Crippen molar-refractivity contribution in [3.8, 4) is 17.3 Å². The highest BCUT2D eigenvalue weighted by Crippen LogP contribution is 2.20. The molecule has 170 valence electrons. The zero-order chi connectivity index (χ0) is 24.0. The third-order valence-electron chi connectivity index (χ3n) is 5.15. The molecule has 0 N–H and O–H groups in total. The van der Waals surface area contributed by atoms with Gasteiger partial charge < -0.3 is 9.15 Å². The molecule has 0 aliphatic carbocycles. The quantitative estimate of drug-likeness (QED) is 0.151. The molecule has 3 aromatic carbocycles. The van der Waals surface area contributed by atoms with Gasteiger partial charge in [0.05, 0.1) is 23.4 Å². The summed E-state index contributed by atoms with van der Waals surface area (Å²) in [6, 6.07) is 26.8. The topological polar surface area (TPSA) is 86.7 Å². The van der Waals surface area contributed by atoms with Gasteiger partial charge in [0.1, 0.15) is 5.75 Å². The van der Waals surface area contributed by atoms with Crippen LogP contribution in [0.1, 0.15) is 11.1 Å². The van der Waals surface area contributed by atoms with Crippen molar-refractivity contribution >= 4 is 29.2 Å². The zero-order valence-electron chi connectivity index (χ0n) is 18.4. The number of nitrogens with zero attached hydrogens (tertiary/aromatic N) is 3. The highest BCUT2D eigenvalue weighted by Gasteiger charge is 2.14. The number of carbonyl (C=O) groups excluding carboxylic acids is 1. The number of aromatic nitrogens is 2. The van der Waals surface area contributed by atoms with Gasteiger partial charge in [0.15, 0.2) is 5.76 Å². The van der Waals surface area contributed by atoms with Gasteiger partial charge in [-0.05, 0) is 48.0 Å². The molecule has 0 aliphatic rings. The van der Waals surface area contributed by atoms with Gasteiger partial charge in [-0.1, -0.05) is 54.6 Å². The van der Waals surface area contributed by atoms with Crippen molar-refractivity contribution in [1.82, 2.24) is 9.66 Å².